The van der Waals surface area contributed by atoms with E-state index in [4.69, 9.17) is 9.15 Å². The maximum Gasteiger partial charge on any atom is 0.287 e. The fourth-order valence-corrected chi connectivity index (χ4v) is 3.13. The molecule has 0 radical (unpaired) electrons. The summed E-state index contributed by atoms with van der Waals surface area (Å²) in [5.41, 5.74) is 1.48. The molecule has 1 atom stereocenters. The van der Waals surface area contributed by atoms with Gasteiger partial charge in [-0.2, -0.15) is 0 Å². The lowest BCUT2D eigenvalue weighted by atomic mass is 10.1. The molecule has 0 spiro atoms. The van der Waals surface area contributed by atoms with Crippen LogP contribution in [0.15, 0.2) is 59.0 Å². The van der Waals surface area contributed by atoms with Gasteiger partial charge in [0, 0.05) is 23.5 Å². The fraction of sp³-hybridized carbons (Fsp3) is 0.250. The van der Waals surface area contributed by atoms with Crippen molar-refractivity contribution in [3.8, 4) is 5.75 Å². The second kappa shape index (κ2) is 6.99. The second-order valence-corrected chi connectivity index (χ2v) is 6.17. The zero-order valence-corrected chi connectivity index (χ0v) is 13.8. The van der Waals surface area contributed by atoms with E-state index in [1.165, 1.54) is 0 Å². The average molecular weight is 336 g/mol. The molecular formula is C20H20N2O3. The Morgan fingerprint density at radius 3 is 2.76 bits per heavy atom. The Morgan fingerprint density at radius 2 is 1.96 bits per heavy atom. The minimum absolute atomic E-state index is 0.142. The highest BCUT2D eigenvalue weighted by atomic mass is 16.5. The number of carbonyl (C=O) groups excluding carboxylic acids is 1. The third kappa shape index (κ3) is 3.37. The van der Waals surface area contributed by atoms with Gasteiger partial charge in [-0.3, -0.25) is 4.79 Å². The molecule has 0 saturated carbocycles. The van der Waals surface area contributed by atoms with Gasteiger partial charge in [-0.25, -0.2) is 0 Å². The van der Waals surface area contributed by atoms with Crippen molar-refractivity contribution in [2.45, 2.75) is 19.1 Å². The van der Waals surface area contributed by atoms with Crippen molar-refractivity contribution in [2.75, 3.05) is 13.1 Å². The summed E-state index contributed by atoms with van der Waals surface area (Å²) in [5, 5.41) is 7.20. The van der Waals surface area contributed by atoms with Crippen LogP contribution in [0.25, 0.3) is 11.0 Å². The number of benzene rings is 2. The molecule has 1 aromatic heterocycles. The lowest BCUT2D eigenvalue weighted by Gasteiger charge is -2.11. The molecular weight excluding hydrogens is 316 g/mol. The Hall–Kier alpha value is -2.79. The average Bonchev–Trinajstić information content (AvgIpc) is 3.28. The smallest absolute Gasteiger partial charge is 0.287 e. The van der Waals surface area contributed by atoms with Crippen LogP contribution in [0.2, 0.25) is 0 Å². The third-order valence-corrected chi connectivity index (χ3v) is 4.43. The molecule has 3 aromatic rings. The molecule has 1 unspecified atom stereocenters. The number of rotatable bonds is 5. The molecule has 1 amide bonds. The van der Waals surface area contributed by atoms with Crippen LogP contribution in [0.5, 0.6) is 5.75 Å². The predicted molar refractivity (Wildman–Crippen MR) is 95.7 cm³/mol. The molecule has 4 rings (SSSR count). The molecule has 1 aliphatic heterocycles. The summed E-state index contributed by atoms with van der Waals surface area (Å²) in [6, 6.07) is 17.4. The highest BCUT2D eigenvalue weighted by Crippen LogP contribution is 2.27. The SMILES string of the molecule is O=C(NC1CCNC1)c1oc2ccccc2c1COc1ccccc1. The maximum atomic E-state index is 12.7. The molecule has 1 fully saturated rings. The Labute approximate surface area is 146 Å². The quantitative estimate of drug-likeness (QED) is 0.751. The molecule has 0 aliphatic carbocycles. The van der Waals surface area contributed by atoms with Crippen LogP contribution in [0.3, 0.4) is 0 Å². The number of hydrogen-bond acceptors (Lipinski definition) is 4. The molecule has 2 N–H and O–H groups in total. The van der Waals surface area contributed by atoms with E-state index in [0.717, 1.165) is 36.2 Å². The van der Waals surface area contributed by atoms with Crippen LogP contribution in [0.4, 0.5) is 0 Å². The first-order valence-corrected chi connectivity index (χ1v) is 8.51. The molecule has 1 aliphatic rings. The lowest BCUT2D eigenvalue weighted by molar-refractivity contribution is 0.0910. The molecule has 25 heavy (non-hydrogen) atoms. The summed E-state index contributed by atoms with van der Waals surface area (Å²) in [6.07, 6.45) is 0.932. The minimum Gasteiger partial charge on any atom is -0.489 e. The van der Waals surface area contributed by atoms with Crippen LogP contribution < -0.4 is 15.4 Å². The van der Waals surface area contributed by atoms with E-state index in [-0.39, 0.29) is 18.6 Å². The van der Waals surface area contributed by atoms with Crippen molar-refractivity contribution in [3.63, 3.8) is 0 Å². The summed E-state index contributed by atoms with van der Waals surface area (Å²) in [4.78, 5) is 12.7. The van der Waals surface area contributed by atoms with E-state index in [9.17, 15) is 4.79 Å². The Kier molecular flexibility index (Phi) is 4.39. The van der Waals surface area contributed by atoms with Crippen molar-refractivity contribution in [1.82, 2.24) is 10.6 Å². The first kappa shape index (κ1) is 15.7. The van der Waals surface area contributed by atoms with Gasteiger partial charge in [-0.1, -0.05) is 36.4 Å². The van der Waals surface area contributed by atoms with Crippen molar-refractivity contribution in [3.05, 3.63) is 65.9 Å². The molecule has 2 aromatic carbocycles. The van der Waals surface area contributed by atoms with Gasteiger partial charge in [0.2, 0.25) is 0 Å². The van der Waals surface area contributed by atoms with E-state index in [0.29, 0.717) is 11.3 Å². The highest BCUT2D eigenvalue weighted by Gasteiger charge is 2.24. The summed E-state index contributed by atoms with van der Waals surface area (Å²) in [7, 11) is 0. The number of nitrogens with one attached hydrogen (secondary N) is 2. The van der Waals surface area contributed by atoms with Crippen LogP contribution >= 0.6 is 0 Å². The van der Waals surface area contributed by atoms with Gasteiger partial charge in [-0.15, -0.1) is 0 Å². The number of furan rings is 1. The minimum atomic E-state index is -0.184. The van der Waals surface area contributed by atoms with E-state index in [1.807, 2.05) is 54.6 Å². The second-order valence-electron chi connectivity index (χ2n) is 6.17. The van der Waals surface area contributed by atoms with Crippen molar-refractivity contribution in [1.29, 1.82) is 0 Å². The number of para-hydroxylation sites is 2. The molecule has 1 saturated heterocycles. The molecule has 128 valence electrons. The first-order chi connectivity index (χ1) is 12.3. The summed E-state index contributed by atoms with van der Waals surface area (Å²) in [6.45, 7) is 2.00. The zero-order valence-electron chi connectivity index (χ0n) is 13.8. The van der Waals surface area contributed by atoms with Crippen LogP contribution in [0, 0.1) is 0 Å². The van der Waals surface area contributed by atoms with E-state index in [2.05, 4.69) is 10.6 Å². The Morgan fingerprint density at radius 1 is 1.16 bits per heavy atom. The topological polar surface area (TPSA) is 63.5 Å². The van der Waals surface area contributed by atoms with Crippen LogP contribution in [-0.4, -0.2) is 25.0 Å². The molecule has 5 heteroatoms. The van der Waals surface area contributed by atoms with E-state index >= 15 is 0 Å². The maximum absolute atomic E-state index is 12.7. The van der Waals surface area contributed by atoms with Crippen LogP contribution in [0.1, 0.15) is 22.5 Å². The van der Waals surface area contributed by atoms with Gasteiger partial charge in [0.15, 0.2) is 5.76 Å². The highest BCUT2D eigenvalue weighted by molar-refractivity contribution is 5.99. The monoisotopic (exact) mass is 336 g/mol. The lowest BCUT2D eigenvalue weighted by Crippen LogP contribution is -2.36. The van der Waals surface area contributed by atoms with Gasteiger partial charge in [-0.05, 0) is 31.2 Å². The summed E-state index contributed by atoms with van der Waals surface area (Å²) >= 11 is 0. The van der Waals surface area contributed by atoms with E-state index in [1.54, 1.807) is 0 Å². The molecule has 5 nitrogen and oxygen atoms in total. The number of carbonyl (C=O) groups is 1. The third-order valence-electron chi connectivity index (χ3n) is 4.43. The Balaban J connectivity index is 1.62. The molecule has 2 heterocycles. The normalized spacial score (nSPS) is 16.9. The fourth-order valence-electron chi connectivity index (χ4n) is 3.13. The summed E-state index contributed by atoms with van der Waals surface area (Å²) in [5.74, 6) is 0.916. The zero-order chi connectivity index (χ0) is 17.1. The first-order valence-electron chi connectivity index (χ1n) is 8.51. The standard InChI is InChI=1S/C20H20N2O3/c23-20(22-14-10-11-21-12-14)19-17(13-24-15-6-2-1-3-7-15)16-8-4-5-9-18(16)25-19/h1-9,14,21H,10-13H2,(H,22,23). The number of fused-ring (bicyclic) bond motifs is 1. The molecule has 0 bridgehead atoms. The predicted octanol–water partition coefficient (Wildman–Crippen LogP) is 3.10. The van der Waals surface area contributed by atoms with E-state index < -0.39 is 0 Å². The number of hydrogen-bond donors (Lipinski definition) is 2. The Bertz CT molecular complexity index is 867. The van der Waals surface area contributed by atoms with Crippen molar-refractivity contribution in [2.24, 2.45) is 0 Å². The van der Waals surface area contributed by atoms with Crippen molar-refractivity contribution >= 4 is 16.9 Å². The van der Waals surface area contributed by atoms with Gasteiger partial charge < -0.3 is 19.8 Å². The number of ether oxygens (including phenoxy) is 1. The van der Waals surface area contributed by atoms with Gasteiger partial charge in [0.05, 0.1) is 0 Å². The van der Waals surface area contributed by atoms with Crippen molar-refractivity contribution < 1.29 is 13.9 Å². The van der Waals surface area contributed by atoms with Gasteiger partial charge >= 0.3 is 0 Å². The largest absolute Gasteiger partial charge is 0.489 e. The van der Waals surface area contributed by atoms with Crippen LogP contribution in [-0.2, 0) is 6.61 Å². The summed E-state index contributed by atoms with van der Waals surface area (Å²) < 4.78 is 11.7. The number of amides is 1. The van der Waals surface area contributed by atoms with Gasteiger partial charge in [0.1, 0.15) is 17.9 Å². The van der Waals surface area contributed by atoms with Gasteiger partial charge in [0.25, 0.3) is 5.91 Å².